The summed E-state index contributed by atoms with van der Waals surface area (Å²) in [7, 11) is 0. The Morgan fingerprint density at radius 3 is 2.65 bits per heavy atom. The molecule has 0 spiro atoms. The van der Waals surface area contributed by atoms with E-state index in [9.17, 15) is 0 Å². The van der Waals surface area contributed by atoms with Gasteiger partial charge in [-0.2, -0.15) is 0 Å². The molecule has 1 aromatic rings. The van der Waals surface area contributed by atoms with Crippen molar-refractivity contribution in [3.05, 3.63) is 35.9 Å². The van der Waals surface area contributed by atoms with Gasteiger partial charge in [-0.3, -0.25) is 0 Å². The summed E-state index contributed by atoms with van der Waals surface area (Å²) < 4.78 is 5.54. The molecule has 1 rings (SSSR count). The summed E-state index contributed by atoms with van der Waals surface area (Å²) in [6.07, 6.45) is 3.62. The van der Waals surface area contributed by atoms with Crippen molar-refractivity contribution in [3.63, 3.8) is 0 Å². The highest BCUT2D eigenvalue weighted by Crippen LogP contribution is 2.03. The van der Waals surface area contributed by atoms with Crippen molar-refractivity contribution < 1.29 is 9.94 Å². The second-order valence-corrected chi connectivity index (χ2v) is 3.94. The van der Waals surface area contributed by atoms with Crippen LogP contribution in [0.1, 0.15) is 31.2 Å². The summed E-state index contributed by atoms with van der Waals surface area (Å²) >= 11 is 0. The van der Waals surface area contributed by atoms with Gasteiger partial charge < -0.3 is 15.7 Å². The van der Waals surface area contributed by atoms with E-state index in [2.05, 4.69) is 17.3 Å². The van der Waals surface area contributed by atoms with Crippen LogP contribution in [-0.2, 0) is 11.3 Å². The standard InChI is InChI=1S/C13H20N2O2/c14-13(15-16)9-5-2-6-10-17-11-12-7-3-1-4-8-12/h1,3-4,7-8,16H,2,5-6,9-11H2,(H2,14,15). The van der Waals surface area contributed by atoms with E-state index in [1.165, 1.54) is 5.56 Å². The molecule has 0 radical (unpaired) electrons. The molecular weight excluding hydrogens is 216 g/mol. The lowest BCUT2D eigenvalue weighted by Gasteiger charge is -2.04. The topological polar surface area (TPSA) is 67.8 Å². The van der Waals surface area contributed by atoms with Gasteiger partial charge in [-0.25, -0.2) is 0 Å². The Labute approximate surface area is 102 Å². The van der Waals surface area contributed by atoms with E-state index in [4.69, 9.17) is 15.7 Å². The number of benzene rings is 1. The highest BCUT2D eigenvalue weighted by Gasteiger charge is 1.95. The van der Waals surface area contributed by atoms with Crippen LogP contribution in [0.5, 0.6) is 0 Å². The molecule has 0 unspecified atom stereocenters. The molecule has 17 heavy (non-hydrogen) atoms. The first-order valence-corrected chi connectivity index (χ1v) is 5.91. The molecule has 0 aliphatic heterocycles. The summed E-state index contributed by atoms with van der Waals surface area (Å²) in [5.74, 6) is 0.301. The molecule has 0 saturated heterocycles. The third kappa shape index (κ3) is 6.58. The molecule has 0 heterocycles. The molecule has 0 bridgehead atoms. The molecule has 0 amide bonds. The lowest BCUT2D eigenvalue weighted by Crippen LogP contribution is -2.10. The van der Waals surface area contributed by atoms with Crippen molar-refractivity contribution in [1.29, 1.82) is 0 Å². The Morgan fingerprint density at radius 2 is 1.94 bits per heavy atom. The van der Waals surface area contributed by atoms with Crippen LogP contribution < -0.4 is 5.73 Å². The number of hydrogen-bond acceptors (Lipinski definition) is 3. The molecule has 1 aromatic carbocycles. The second kappa shape index (κ2) is 8.58. The summed E-state index contributed by atoms with van der Waals surface area (Å²) in [5.41, 5.74) is 6.56. The van der Waals surface area contributed by atoms with E-state index >= 15 is 0 Å². The predicted octanol–water partition coefficient (Wildman–Crippen LogP) is 2.51. The normalized spacial score (nSPS) is 11.6. The molecule has 3 N–H and O–H groups in total. The van der Waals surface area contributed by atoms with Gasteiger partial charge in [0.1, 0.15) is 5.84 Å². The zero-order valence-corrected chi connectivity index (χ0v) is 10.0. The average molecular weight is 236 g/mol. The fraction of sp³-hybridized carbons (Fsp3) is 0.462. The Bertz CT molecular complexity index is 325. The van der Waals surface area contributed by atoms with E-state index in [0.717, 1.165) is 25.9 Å². The minimum absolute atomic E-state index is 0.301. The van der Waals surface area contributed by atoms with Crippen molar-refractivity contribution in [2.75, 3.05) is 6.61 Å². The molecule has 4 heteroatoms. The van der Waals surface area contributed by atoms with Gasteiger partial charge in [0.25, 0.3) is 0 Å². The summed E-state index contributed by atoms with van der Waals surface area (Å²) in [5, 5.41) is 11.3. The van der Waals surface area contributed by atoms with Gasteiger partial charge >= 0.3 is 0 Å². The van der Waals surface area contributed by atoms with Crippen LogP contribution in [-0.4, -0.2) is 17.6 Å². The van der Waals surface area contributed by atoms with E-state index in [0.29, 0.717) is 18.9 Å². The van der Waals surface area contributed by atoms with Crippen LogP contribution in [0.15, 0.2) is 35.5 Å². The second-order valence-electron chi connectivity index (χ2n) is 3.94. The molecule has 4 nitrogen and oxygen atoms in total. The van der Waals surface area contributed by atoms with Crippen molar-refractivity contribution in [1.82, 2.24) is 0 Å². The first-order valence-electron chi connectivity index (χ1n) is 5.91. The third-order valence-electron chi connectivity index (χ3n) is 2.46. The smallest absolute Gasteiger partial charge is 0.139 e. The largest absolute Gasteiger partial charge is 0.409 e. The van der Waals surface area contributed by atoms with E-state index in [-0.39, 0.29) is 0 Å². The first kappa shape index (κ1) is 13.5. The van der Waals surface area contributed by atoms with Crippen LogP contribution in [0.3, 0.4) is 0 Å². The zero-order valence-electron chi connectivity index (χ0n) is 10.0. The lowest BCUT2D eigenvalue weighted by molar-refractivity contribution is 0.117. The van der Waals surface area contributed by atoms with Crippen molar-refractivity contribution in [3.8, 4) is 0 Å². The molecule has 0 aliphatic carbocycles. The number of nitrogens with zero attached hydrogens (tertiary/aromatic N) is 1. The van der Waals surface area contributed by atoms with Gasteiger partial charge in [0.15, 0.2) is 0 Å². The molecule has 0 saturated carbocycles. The summed E-state index contributed by atoms with van der Waals surface area (Å²) in [6.45, 7) is 1.42. The number of oxime groups is 1. The van der Waals surface area contributed by atoms with Gasteiger partial charge in [0.05, 0.1) is 6.61 Å². The number of unbranched alkanes of at least 4 members (excludes halogenated alkanes) is 2. The van der Waals surface area contributed by atoms with Gasteiger partial charge in [-0.1, -0.05) is 41.9 Å². The first-order chi connectivity index (χ1) is 8.33. The van der Waals surface area contributed by atoms with Gasteiger partial charge in [-0.15, -0.1) is 0 Å². The van der Waals surface area contributed by atoms with Crippen LogP contribution in [0.2, 0.25) is 0 Å². The highest BCUT2D eigenvalue weighted by atomic mass is 16.5. The highest BCUT2D eigenvalue weighted by molar-refractivity contribution is 5.79. The van der Waals surface area contributed by atoms with Gasteiger partial charge in [0.2, 0.25) is 0 Å². The number of amidine groups is 1. The lowest BCUT2D eigenvalue weighted by atomic mass is 10.2. The maximum Gasteiger partial charge on any atom is 0.139 e. The quantitative estimate of drug-likeness (QED) is 0.239. The molecule has 0 aromatic heterocycles. The van der Waals surface area contributed by atoms with Gasteiger partial charge in [0, 0.05) is 13.0 Å². The minimum Gasteiger partial charge on any atom is -0.409 e. The molecule has 0 atom stereocenters. The Kier molecular flexibility index (Phi) is 6.82. The van der Waals surface area contributed by atoms with Crippen LogP contribution in [0.25, 0.3) is 0 Å². The average Bonchev–Trinajstić information content (AvgIpc) is 2.38. The Hall–Kier alpha value is -1.55. The predicted molar refractivity (Wildman–Crippen MR) is 68.0 cm³/mol. The summed E-state index contributed by atoms with van der Waals surface area (Å²) in [6, 6.07) is 10.1. The van der Waals surface area contributed by atoms with E-state index in [1.807, 2.05) is 18.2 Å². The third-order valence-corrected chi connectivity index (χ3v) is 2.46. The number of ether oxygens (including phenoxy) is 1. The van der Waals surface area contributed by atoms with Gasteiger partial charge in [-0.05, 0) is 18.4 Å². The SMILES string of the molecule is N/C(CCCCCOCc1ccccc1)=N/O. The number of rotatable bonds is 8. The fourth-order valence-electron chi connectivity index (χ4n) is 1.50. The van der Waals surface area contributed by atoms with E-state index < -0.39 is 0 Å². The minimum atomic E-state index is 0.301. The monoisotopic (exact) mass is 236 g/mol. The van der Waals surface area contributed by atoms with Crippen molar-refractivity contribution in [2.24, 2.45) is 10.9 Å². The van der Waals surface area contributed by atoms with Crippen molar-refractivity contribution >= 4 is 5.84 Å². The zero-order chi connectivity index (χ0) is 12.3. The molecule has 0 aliphatic rings. The maximum absolute atomic E-state index is 8.34. The number of nitrogens with two attached hydrogens (primary N) is 1. The molecule has 94 valence electrons. The fourth-order valence-corrected chi connectivity index (χ4v) is 1.50. The van der Waals surface area contributed by atoms with E-state index in [1.54, 1.807) is 0 Å². The van der Waals surface area contributed by atoms with Crippen molar-refractivity contribution in [2.45, 2.75) is 32.3 Å². The molecular formula is C13H20N2O2. The Balaban J connectivity index is 1.95. The van der Waals surface area contributed by atoms with Crippen LogP contribution in [0, 0.1) is 0 Å². The number of hydrogen-bond donors (Lipinski definition) is 2. The maximum atomic E-state index is 8.34. The Morgan fingerprint density at radius 1 is 1.18 bits per heavy atom. The van der Waals surface area contributed by atoms with Crippen LogP contribution in [0.4, 0.5) is 0 Å². The van der Waals surface area contributed by atoms with Crippen LogP contribution >= 0.6 is 0 Å². The molecule has 0 fully saturated rings. The summed E-state index contributed by atoms with van der Waals surface area (Å²) in [4.78, 5) is 0.